The number of ether oxygens (including phenoxy) is 1. The normalized spacial score (nSPS) is 19.4. The number of thiazole rings is 1. The number of aryl methyl sites for hydroxylation is 1. The lowest BCUT2D eigenvalue weighted by Gasteiger charge is -2.39. The number of amides is 9. The van der Waals surface area contributed by atoms with E-state index in [-0.39, 0.29) is 82.4 Å². The van der Waals surface area contributed by atoms with Gasteiger partial charge in [-0.05, 0) is 93.9 Å². The standard InChI is InChI=1S/C66H90N10O11S/c1-42-57(88-41-69-42)46-29-27-43(28-30-46)38-68-60(82)52-37-48(77)39-75(52)63(85)58(65(2,3)4)72-54(79)25-19-11-9-8-10-12-20-26-55(80)74-36-35-47-31-33-51(76(47)62(84)50(40-74)71-64(86)87-66(5,6)7)61(83)70-49(32-34-53(67)78)59(81)73-56(44-21-15-13-16-22-44)45-23-17-14-18-24-45/h13-18,21-24,27-30,41,47-52,56,58,77H,8-12,19-20,25-26,31-40H2,1-7H3,(H2,67,78)(H,68,82)(H,70,83)(H,71,86)(H,72,79)(H,73,81)/t47-,48-,49?,50+,51+,52+,58?/m1/s1. The summed E-state index contributed by atoms with van der Waals surface area (Å²) in [6, 6.07) is 20.2. The van der Waals surface area contributed by atoms with Crippen LogP contribution in [0.1, 0.15) is 166 Å². The van der Waals surface area contributed by atoms with Crippen LogP contribution in [0.15, 0.2) is 90.4 Å². The fourth-order valence-corrected chi connectivity index (χ4v) is 12.6. The van der Waals surface area contributed by atoms with Crippen molar-refractivity contribution in [1.82, 2.24) is 46.3 Å². The fraction of sp³-hybridized carbons (Fsp3) is 0.545. The molecule has 3 saturated heterocycles. The van der Waals surface area contributed by atoms with E-state index in [1.807, 2.05) is 113 Å². The molecular formula is C66H90N10O11S. The first-order valence-corrected chi connectivity index (χ1v) is 31.9. The van der Waals surface area contributed by atoms with Crippen LogP contribution < -0.4 is 32.3 Å². The number of benzene rings is 3. The predicted molar refractivity (Wildman–Crippen MR) is 334 cm³/mol. The second kappa shape index (κ2) is 31.5. The zero-order valence-electron chi connectivity index (χ0n) is 52.0. The number of carbonyl (C=O) groups is 9. The van der Waals surface area contributed by atoms with E-state index >= 15 is 0 Å². The molecule has 21 nitrogen and oxygen atoms in total. The summed E-state index contributed by atoms with van der Waals surface area (Å²) in [7, 11) is 0. The number of aliphatic hydroxyl groups is 1. The van der Waals surface area contributed by atoms with Crippen LogP contribution >= 0.6 is 11.3 Å². The minimum Gasteiger partial charge on any atom is -0.444 e. The van der Waals surface area contributed by atoms with Crippen LogP contribution in [0, 0.1) is 12.3 Å². The van der Waals surface area contributed by atoms with Gasteiger partial charge in [0.05, 0.1) is 34.8 Å². The zero-order valence-corrected chi connectivity index (χ0v) is 52.8. The molecule has 0 bridgehead atoms. The minimum absolute atomic E-state index is 0.0187. The number of alkyl carbamates (subject to hydrolysis) is 1. The van der Waals surface area contributed by atoms with Crippen molar-refractivity contribution in [3.8, 4) is 10.4 Å². The van der Waals surface area contributed by atoms with Crippen LogP contribution in [0.4, 0.5) is 4.79 Å². The van der Waals surface area contributed by atoms with Crippen LogP contribution in [-0.4, -0.2) is 146 Å². The Morgan fingerprint density at radius 2 is 1.36 bits per heavy atom. The first-order chi connectivity index (χ1) is 41.9. The predicted octanol–water partition coefficient (Wildman–Crippen LogP) is 6.88. The maximum atomic E-state index is 14.7. The summed E-state index contributed by atoms with van der Waals surface area (Å²) in [4.78, 5) is 134. The van der Waals surface area contributed by atoms with E-state index in [9.17, 15) is 48.3 Å². The number of nitrogens with one attached hydrogen (secondary N) is 5. The van der Waals surface area contributed by atoms with Crippen molar-refractivity contribution in [3.05, 3.63) is 113 Å². The number of nitrogens with zero attached hydrogens (tertiary/aromatic N) is 4. The summed E-state index contributed by atoms with van der Waals surface area (Å²) < 4.78 is 5.56. The molecule has 0 spiro atoms. The van der Waals surface area contributed by atoms with Crippen LogP contribution in [0.3, 0.4) is 0 Å². The molecule has 3 aliphatic heterocycles. The molecular weight excluding hydrogens is 1140 g/mol. The van der Waals surface area contributed by atoms with Gasteiger partial charge in [-0.1, -0.05) is 138 Å². The number of β-amino-alcohol motifs (C(OH)–C–C–N with tert-alkyl or cyclic N) is 1. The molecule has 3 aliphatic rings. The highest BCUT2D eigenvalue weighted by atomic mass is 32.1. The maximum absolute atomic E-state index is 14.7. The molecule has 88 heavy (non-hydrogen) atoms. The second-order valence-corrected chi connectivity index (χ2v) is 26.4. The Balaban J connectivity index is 0.864. The lowest BCUT2D eigenvalue weighted by molar-refractivity contribution is -0.146. The molecule has 3 aromatic carbocycles. The van der Waals surface area contributed by atoms with Crippen molar-refractivity contribution in [3.63, 3.8) is 0 Å². The third-order valence-electron chi connectivity index (χ3n) is 16.4. The Hall–Kier alpha value is -7.72. The quantitative estimate of drug-likeness (QED) is 0.0317. The number of unbranched alkanes of at least 4 members (excludes halogenated alkanes) is 6. The van der Waals surface area contributed by atoms with E-state index in [1.165, 1.54) is 9.80 Å². The molecule has 8 N–H and O–H groups in total. The Labute approximate surface area is 521 Å². The van der Waals surface area contributed by atoms with Crippen molar-refractivity contribution >= 4 is 64.7 Å². The number of aromatic nitrogens is 1. The Kier molecular flexibility index (Phi) is 24.2. The van der Waals surface area contributed by atoms with Crippen LogP contribution in [-0.2, 0) is 49.6 Å². The molecule has 1 aromatic heterocycles. The molecule has 4 heterocycles. The highest BCUT2D eigenvalue weighted by Gasteiger charge is 2.47. The molecule has 22 heteroatoms. The number of likely N-dealkylation sites (tertiary alicyclic amines) is 1. The summed E-state index contributed by atoms with van der Waals surface area (Å²) in [6.45, 7) is 12.9. The Morgan fingerprint density at radius 1 is 0.739 bits per heavy atom. The lowest BCUT2D eigenvalue weighted by atomic mass is 9.85. The van der Waals surface area contributed by atoms with Crippen LogP contribution in [0.5, 0.6) is 0 Å². The maximum Gasteiger partial charge on any atom is 0.408 e. The van der Waals surface area contributed by atoms with E-state index in [0.717, 1.165) is 64.9 Å². The van der Waals surface area contributed by atoms with Crippen molar-refractivity contribution in [1.29, 1.82) is 0 Å². The number of hydrogen-bond acceptors (Lipinski definition) is 13. The van der Waals surface area contributed by atoms with E-state index in [1.54, 1.807) is 42.5 Å². The summed E-state index contributed by atoms with van der Waals surface area (Å²) in [5, 5.41) is 25.2. The third kappa shape index (κ3) is 19.4. The van der Waals surface area contributed by atoms with Gasteiger partial charge in [-0.25, -0.2) is 9.78 Å². The van der Waals surface area contributed by atoms with Gasteiger partial charge in [-0.15, -0.1) is 11.3 Å². The van der Waals surface area contributed by atoms with E-state index in [0.29, 0.717) is 25.7 Å². The van der Waals surface area contributed by atoms with Crippen LogP contribution in [0.2, 0.25) is 0 Å². The van der Waals surface area contributed by atoms with E-state index in [4.69, 9.17) is 10.5 Å². The summed E-state index contributed by atoms with van der Waals surface area (Å²) >= 11 is 1.56. The van der Waals surface area contributed by atoms with Gasteiger partial charge in [0.25, 0.3) is 0 Å². The van der Waals surface area contributed by atoms with Gasteiger partial charge in [0.15, 0.2) is 0 Å². The molecule has 7 atom stereocenters. The van der Waals surface area contributed by atoms with Gasteiger partial charge >= 0.3 is 6.09 Å². The third-order valence-corrected chi connectivity index (χ3v) is 17.4. The number of primary amides is 1. The minimum atomic E-state index is -1.26. The van der Waals surface area contributed by atoms with Crippen molar-refractivity contribution in [2.75, 3.05) is 19.6 Å². The summed E-state index contributed by atoms with van der Waals surface area (Å²) in [5.74, 6) is -3.59. The van der Waals surface area contributed by atoms with E-state index < -0.39 is 95.0 Å². The monoisotopic (exact) mass is 1230 g/mol. The van der Waals surface area contributed by atoms with Gasteiger partial charge < -0.3 is 56.9 Å². The number of fused-ring (bicyclic) bond motifs is 1. The van der Waals surface area contributed by atoms with Crippen molar-refractivity contribution in [2.24, 2.45) is 11.1 Å². The van der Waals surface area contributed by atoms with Gasteiger partial charge in [-0.3, -0.25) is 38.4 Å². The molecule has 4 aromatic rings. The topological polar surface area (TPSA) is 292 Å². The highest BCUT2D eigenvalue weighted by Crippen LogP contribution is 2.32. The molecule has 7 rings (SSSR count). The average Bonchev–Trinajstić information content (AvgIpc) is 2.46. The Morgan fingerprint density at radius 3 is 1.95 bits per heavy atom. The number of aliphatic hydroxyl groups excluding tert-OH is 1. The van der Waals surface area contributed by atoms with Crippen molar-refractivity contribution < 1.29 is 53.0 Å². The largest absolute Gasteiger partial charge is 0.444 e. The number of rotatable bonds is 26. The highest BCUT2D eigenvalue weighted by molar-refractivity contribution is 7.13. The first-order valence-electron chi connectivity index (χ1n) is 31.0. The molecule has 3 fully saturated rings. The zero-order chi connectivity index (χ0) is 63.7. The number of hydrogen-bond donors (Lipinski definition) is 7. The Bertz CT molecular complexity index is 3000. The molecule has 0 radical (unpaired) electrons. The second-order valence-electron chi connectivity index (χ2n) is 25.6. The summed E-state index contributed by atoms with van der Waals surface area (Å²) in [5.41, 5.74) is 10.2. The fourth-order valence-electron chi connectivity index (χ4n) is 11.7. The van der Waals surface area contributed by atoms with Gasteiger partial charge in [0.2, 0.25) is 47.3 Å². The first kappa shape index (κ1) is 67.8. The van der Waals surface area contributed by atoms with Crippen LogP contribution in [0.25, 0.3) is 10.4 Å². The average molecular weight is 1230 g/mol. The smallest absolute Gasteiger partial charge is 0.408 e. The molecule has 2 unspecified atom stereocenters. The van der Waals surface area contributed by atoms with E-state index in [2.05, 4.69) is 31.6 Å². The molecule has 476 valence electrons. The van der Waals surface area contributed by atoms with Gasteiger partial charge in [0, 0.05) is 51.4 Å². The van der Waals surface area contributed by atoms with Gasteiger partial charge in [-0.2, -0.15) is 0 Å². The van der Waals surface area contributed by atoms with Crippen molar-refractivity contribution in [2.45, 2.75) is 205 Å². The molecule has 9 amide bonds. The number of nitrogens with two attached hydrogens (primary N) is 1. The molecule has 0 saturated carbocycles. The lowest BCUT2D eigenvalue weighted by Crippen LogP contribution is -2.62. The van der Waals surface area contributed by atoms with Gasteiger partial charge in [0.1, 0.15) is 35.8 Å². The molecule has 0 aliphatic carbocycles. The summed E-state index contributed by atoms with van der Waals surface area (Å²) in [6.07, 6.45) is 4.86. The SMILES string of the molecule is Cc1ncsc1-c1ccc(CNC(=O)[C@@H]2C[C@@H](O)CN2C(=O)C(NC(=O)CCCCCCCCCC(=O)N2CC[C@H]3CC[C@@H](C(=O)NC(CCC(N)=O)C(=O)NC(c4ccccc4)c4ccccc4)N3C(=O)[C@@H](NC(=O)OC(C)(C)C)C2)C(C)(C)C)cc1. The number of carbonyl (C=O) groups excluding carboxylic acids is 9.